The fourth-order valence-corrected chi connectivity index (χ4v) is 3.88. The largest absolute Gasteiger partial charge is 0.465 e. The fraction of sp³-hybridized carbons (Fsp3) is 0.737. The highest BCUT2D eigenvalue weighted by atomic mass is 32.2. The number of nitrogens with zero attached hydrogens (tertiary/aromatic N) is 2. The number of morpholine rings is 1. The molecule has 0 saturated carbocycles. The lowest BCUT2D eigenvalue weighted by molar-refractivity contribution is 0.0135. The molecule has 0 spiro atoms. The number of aryl methyl sites for hydroxylation is 1. The Labute approximate surface area is 168 Å². The molecule has 0 aromatic carbocycles. The van der Waals surface area contributed by atoms with Gasteiger partial charge in [-0.1, -0.05) is 0 Å². The molecule has 1 saturated heterocycles. The van der Waals surface area contributed by atoms with Gasteiger partial charge in [-0.3, -0.25) is 9.89 Å². The van der Waals surface area contributed by atoms with Crippen LogP contribution in [0.3, 0.4) is 0 Å². The second-order valence-electron chi connectivity index (χ2n) is 7.30. The molecular weight excluding hydrogens is 380 g/mol. The standard InChI is InChI=1S/C19H34N4O4S/c1-5-20-19(22-15(2)8-13-28(4,24)25)21-14-17(18-7-6-16(3)27-18)23-9-11-26-12-10-23/h6-7,15,17H,5,8-14H2,1-4H3,(H2,20,21,22). The third kappa shape index (κ3) is 7.81. The summed E-state index contributed by atoms with van der Waals surface area (Å²) in [6.07, 6.45) is 1.80. The first-order valence-electron chi connectivity index (χ1n) is 9.89. The van der Waals surface area contributed by atoms with Crippen molar-refractivity contribution < 1.29 is 17.6 Å². The van der Waals surface area contributed by atoms with E-state index in [9.17, 15) is 8.42 Å². The number of hydrogen-bond donors (Lipinski definition) is 2. The fourth-order valence-electron chi connectivity index (χ4n) is 3.10. The van der Waals surface area contributed by atoms with E-state index in [1.807, 2.05) is 32.9 Å². The number of rotatable bonds is 9. The van der Waals surface area contributed by atoms with Gasteiger partial charge in [0.2, 0.25) is 0 Å². The van der Waals surface area contributed by atoms with Crippen molar-refractivity contribution in [2.75, 3.05) is 51.4 Å². The molecule has 9 heteroatoms. The minimum absolute atomic E-state index is 0.000203. The Hall–Kier alpha value is -1.58. The van der Waals surface area contributed by atoms with E-state index >= 15 is 0 Å². The minimum Gasteiger partial charge on any atom is -0.465 e. The highest BCUT2D eigenvalue weighted by Gasteiger charge is 2.25. The molecule has 2 atom stereocenters. The molecule has 2 heterocycles. The van der Waals surface area contributed by atoms with Crippen molar-refractivity contribution in [1.29, 1.82) is 0 Å². The van der Waals surface area contributed by atoms with Crippen LogP contribution in [-0.2, 0) is 14.6 Å². The summed E-state index contributed by atoms with van der Waals surface area (Å²) in [4.78, 5) is 7.10. The predicted molar refractivity (Wildman–Crippen MR) is 111 cm³/mol. The van der Waals surface area contributed by atoms with Gasteiger partial charge >= 0.3 is 0 Å². The Morgan fingerprint density at radius 1 is 1.32 bits per heavy atom. The number of ether oxygens (including phenoxy) is 1. The molecule has 0 amide bonds. The Morgan fingerprint density at radius 2 is 2.04 bits per heavy atom. The molecular formula is C19H34N4O4S. The molecule has 1 aromatic heterocycles. The summed E-state index contributed by atoms with van der Waals surface area (Å²) >= 11 is 0. The van der Waals surface area contributed by atoms with Crippen LogP contribution >= 0.6 is 0 Å². The van der Waals surface area contributed by atoms with Crippen molar-refractivity contribution in [2.45, 2.75) is 39.3 Å². The van der Waals surface area contributed by atoms with E-state index in [-0.39, 0.29) is 17.8 Å². The summed E-state index contributed by atoms with van der Waals surface area (Å²) in [5, 5.41) is 6.55. The molecule has 2 N–H and O–H groups in total. The highest BCUT2D eigenvalue weighted by molar-refractivity contribution is 7.90. The SMILES string of the molecule is CCNC(=NCC(c1ccc(C)o1)N1CCOCC1)NC(C)CCS(C)(=O)=O. The maximum Gasteiger partial charge on any atom is 0.191 e. The first-order valence-corrected chi connectivity index (χ1v) is 11.9. The Bertz CT molecular complexity index is 726. The van der Waals surface area contributed by atoms with E-state index in [1.165, 1.54) is 6.26 Å². The number of furan rings is 1. The molecule has 160 valence electrons. The summed E-state index contributed by atoms with van der Waals surface area (Å²) < 4.78 is 34.2. The number of sulfone groups is 1. The number of aliphatic imine (C=N–C) groups is 1. The molecule has 2 unspecified atom stereocenters. The third-order valence-corrected chi connectivity index (χ3v) is 5.62. The second kappa shape index (κ2) is 10.8. The van der Waals surface area contributed by atoms with Crippen LogP contribution in [0.25, 0.3) is 0 Å². The summed E-state index contributed by atoms with van der Waals surface area (Å²) in [6.45, 7) is 10.3. The molecule has 28 heavy (non-hydrogen) atoms. The van der Waals surface area contributed by atoms with Crippen LogP contribution in [0.1, 0.15) is 37.8 Å². The molecule has 2 rings (SSSR count). The van der Waals surface area contributed by atoms with Gasteiger partial charge in [-0.05, 0) is 39.3 Å². The van der Waals surface area contributed by atoms with Crippen LogP contribution in [0.5, 0.6) is 0 Å². The van der Waals surface area contributed by atoms with Gasteiger partial charge in [-0.25, -0.2) is 8.42 Å². The second-order valence-corrected chi connectivity index (χ2v) is 9.56. The van der Waals surface area contributed by atoms with Crippen LogP contribution in [0.15, 0.2) is 21.5 Å². The maximum absolute atomic E-state index is 11.4. The average molecular weight is 415 g/mol. The van der Waals surface area contributed by atoms with Crippen molar-refractivity contribution in [1.82, 2.24) is 15.5 Å². The summed E-state index contributed by atoms with van der Waals surface area (Å²) in [5.41, 5.74) is 0. The van der Waals surface area contributed by atoms with Crippen LogP contribution in [-0.4, -0.2) is 76.7 Å². The van der Waals surface area contributed by atoms with Gasteiger partial charge in [-0.2, -0.15) is 0 Å². The molecule has 1 aromatic rings. The topological polar surface area (TPSA) is 96.2 Å². The molecule has 1 aliphatic rings. The van der Waals surface area contributed by atoms with E-state index in [2.05, 4.69) is 15.5 Å². The van der Waals surface area contributed by atoms with Gasteiger partial charge in [0.25, 0.3) is 0 Å². The van der Waals surface area contributed by atoms with Crippen LogP contribution in [0, 0.1) is 6.92 Å². The molecule has 0 radical (unpaired) electrons. The smallest absolute Gasteiger partial charge is 0.191 e. The summed E-state index contributed by atoms with van der Waals surface area (Å²) in [5.74, 6) is 2.63. The molecule has 1 aliphatic heterocycles. The quantitative estimate of drug-likeness (QED) is 0.465. The first kappa shape index (κ1) is 22.7. The van der Waals surface area contributed by atoms with Crippen molar-refractivity contribution in [2.24, 2.45) is 4.99 Å². The van der Waals surface area contributed by atoms with Crippen LogP contribution in [0.2, 0.25) is 0 Å². The molecule has 8 nitrogen and oxygen atoms in total. The lowest BCUT2D eigenvalue weighted by Crippen LogP contribution is -2.44. The van der Waals surface area contributed by atoms with Gasteiger partial charge in [0.15, 0.2) is 5.96 Å². The zero-order valence-corrected chi connectivity index (χ0v) is 18.2. The first-order chi connectivity index (χ1) is 13.3. The van der Waals surface area contributed by atoms with E-state index in [0.29, 0.717) is 32.1 Å². The molecule has 0 bridgehead atoms. The van der Waals surface area contributed by atoms with E-state index < -0.39 is 9.84 Å². The summed E-state index contributed by atoms with van der Waals surface area (Å²) in [7, 11) is -2.97. The minimum atomic E-state index is -2.97. The van der Waals surface area contributed by atoms with Crippen molar-refractivity contribution in [3.63, 3.8) is 0 Å². The van der Waals surface area contributed by atoms with Crippen molar-refractivity contribution >= 4 is 15.8 Å². The zero-order valence-electron chi connectivity index (χ0n) is 17.4. The summed E-state index contributed by atoms with van der Waals surface area (Å²) in [6, 6.07) is 4.03. The zero-order chi connectivity index (χ0) is 20.6. The van der Waals surface area contributed by atoms with Gasteiger partial charge in [-0.15, -0.1) is 0 Å². The third-order valence-electron chi connectivity index (χ3n) is 4.65. The lowest BCUT2D eigenvalue weighted by atomic mass is 10.1. The van der Waals surface area contributed by atoms with E-state index in [4.69, 9.17) is 14.1 Å². The lowest BCUT2D eigenvalue weighted by Gasteiger charge is -2.32. The van der Waals surface area contributed by atoms with Gasteiger partial charge in [0.05, 0.1) is 31.6 Å². The maximum atomic E-state index is 11.4. The van der Waals surface area contributed by atoms with Crippen molar-refractivity contribution in [3.05, 3.63) is 23.7 Å². The van der Waals surface area contributed by atoms with Gasteiger partial charge in [0, 0.05) is 31.9 Å². The average Bonchev–Trinajstić information content (AvgIpc) is 3.07. The Kier molecular flexibility index (Phi) is 8.78. The number of hydrogen-bond acceptors (Lipinski definition) is 6. The number of guanidine groups is 1. The Morgan fingerprint density at radius 3 is 2.61 bits per heavy atom. The molecule has 1 fully saturated rings. The van der Waals surface area contributed by atoms with Gasteiger partial charge in [0.1, 0.15) is 21.4 Å². The van der Waals surface area contributed by atoms with Crippen LogP contribution < -0.4 is 10.6 Å². The van der Waals surface area contributed by atoms with Crippen LogP contribution in [0.4, 0.5) is 0 Å². The Balaban J connectivity index is 2.07. The van der Waals surface area contributed by atoms with Gasteiger partial charge < -0.3 is 19.8 Å². The predicted octanol–water partition coefficient (Wildman–Crippen LogP) is 1.34. The highest BCUT2D eigenvalue weighted by Crippen LogP contribution is 2.24. The van der Waals surface area contributed by atoms with Crippen molar-refractivity contribution in [3.8, 4) is 0 Å². The van der Waals surface area contributed by atoms with E-state index in [0.717, 1.165) is 31.2 Å². The normalized spacial score (nSPS) is 18.6. The number of nitrogens with one attached hydrogen (secondary N) is 2. The monoisotopic (exact) mass is 414 g/mol. The molecule has 0 aliphatic carbocycles. The van der Waals surface area contributed by atoms with E-state index in [1.54, 1.807) is 0 Å².